The molecule has 2 heterocycles. The average molecular weight is 476 g/mol. The van der Waals surface area contributed by atoms with Gasteiger partial charge < -0.3 is 0 Å². The van der Waals surface area contributed by atoms with Gasteiger partial charge in [0.1, 0.15) is 0 Å². The van der Waals surface area contributed by atoms with Crippen molar-refractivity contribution in [3.05, 3.63) is 16.6 Å². The summed E-state index contributed by atoms with van der Waals surface area (Å²) in [6.45, 7) is 2.29. The summed E-state index contributed by atoms with van der Waals surface area (Å²) in [5.74, 6) is 0. The van der Waals surface area contributed by atoms with Gasteiger partial charge in [-0.2, -0.15) is 0 Å². The molecule has 0 saturated carbocycles. The Morgan fingerprint density at radius 2 is 1.67 bits per heavy atom. The molecule has 2 rings (SSSR count). The van der Waals surface area contributed by atoms with Crippen molar-refractivity contribution < 1.29 is 0 Å². The van der Waals surface area contributed by atoms with E-state index in [1.54, 1.807) is 17.4 Å². The average Bonchev–Trinajstić information content (AvgIpc) is 2.98. The fourth-order valence-electron chi connectivity index (χ4n) is 2.69. The van der Waals surface area contributed by atoms with E-state index in [2.05, 4.69) is 44.1 Å². The number of rotatable bonds is 9. The second kappa shape index (κ2) is 8.57. The monoisotopic (exact) mass is 478 g/mol. The van der Waals surface area contributed by atoms with Crippen molar-refractivity contribution in [2.45, 2.75) is 73.1 Å². The van der Waals surface area contributed by atoms with Crippen LogP contribution in [0.3, 0.4) is 0 Å². The third-order valence-electron chi connectivity index (χ3n) is 4.11. The zero-order chi connectivity index (χ0) is 15.3. The summed E-state index contributed by atoms with van der Waals surface area (Å²) in [4.78, 5) is 10.2. The molecule has 21 heavy (non-hydrogen) atoms. The van der Waals surface area contributed by atoms with Crippen LogP contribution in [-0.4, -0.2) is 32.9 Å². The van der Waals surface area contributed by atoms with Crippen LogP contribution in [-0.2, 0) is 6.42 Å². The van der Waals surface area contributed by atoms with E-state index in [0.717, 1.165) is 0 Å². The first kappa shape index (κ1) is 18.1. The molecule has 3 heteroatoms. The van der Waals surface area contributed by atoms with E-state index in [0.29, 0.717) is 14.5 Å². The van der Waals surface area contributed by atoms with Gasteiger partial charge in [-0.15, -0.1) is 0 Å². The van der Waals surface area contributed by atoms with Gasteiger partial charge in [-0.1, -0.05) is 0 Å². The van der Waals surface area contributed by atoms with E-state index < -0.39 is 18.4 Å². The topological polar surface area (TPSA) is 0 Å². The fraction of sp³-hybridized carbons (Fsp3) is 0.667. The minimum absolute atomic E-state index is 0.637. The Morgan fingerprint density at radius 3 is 2.33 bits per heavy atom. The normalized spacial score (nSPS) is 12.4. The zero-order valence-electron chi connectivity index (χ0n) is 14.1. The van der Waals surface area contributed by atoms with E-state index >= 15 is 0 Å². The molecule has 0 nitrogen and oxygen atoms in total. The summed E-state index contributed by atoms with van der Waals surface area (Å²) in [6.07, 6.45) is 11.3. The van der Waals surface area contributed by atoms with E-state index in [1.807, 2.05) is 0 Å². The van der Waals surface area contributed by atoms with Crippen LogP contribution in [0, 0.1) is 0 Å². The Labute approximate surface area is 145 Å². The molecule has 118 valence electrons. The second-order valence-electron chi connectivity index (χ2n) is 7.19. The van der Waals surface area contributed by atoms with Crippen molar-refractivity contribution >= 4 is 56.1 Å². The summed E-state index contributed by atoms with van der Waals surface area (Å²) < 4.78 is 5.16. The third kappa shape index (κ3) is 5.41. The molecular weight excluding hydrogens is 446 g/mol. The Bertz CT molecular complexity index is 547. The molecule has 0 amide bonds. The van der Waals surface area contributed by atoms with Gasteiger partial charge in [0.05, 0.1) is 0 Å². The molecule has 0 spiro atoms. The third-order valence-corrected chi connectivity index (χ3v) is 17.1. The molecule has 0 fully saturated rings. The maximum atomic E-state index is 2.57. The molecule has 0 unspecified atom stereocenters. The first-order valence-corrected chi connectivity index (χ1v) is 21.2. The number of hydrogen-bond donors (Lipinski definition) is 0. The predicted octanol–water partition coefficient (Wildman–Crippen LogP) is 5.80. The van der Waals surface area contributed by atoms with Gasteiger partial charge in [0.15, 0.2) is 0 Å². The second-order valence-corrected chi connectivity index (χ2v) is 25.6. The van der Waals surface area contributed by atoms with Crippen LogP contribution in [0.1, 0.15) is 57.4 Å². The van der Waals surface area contributed by atoms with Crippen molar-refractivity contribution in [3.63, 3.8) is 0 Å². The number of aryl methyl sites for hydroxylation is 1. The summed E-state index contributed by atoms with van der Waals surface area (Å²) in [7, 11) is 0. The quantitative estimate of drug-likeness (QED) is 0.317. The molecule has 0 aliphatic heterocycles. The summed E-state index contributed by atoms with van der Waals surface area (Å²) in [5.41, 5.74) is 1.70. The molecule has 0 aliphatic rings. The molecular formula is C18H30SSeSn. The van der Waals surface area contributed by atoms with Crippen LogP contribution in [0.15, 0.2) is 11.0 Å². The summed E-state index contributed by atoms with van der Waals surface area (Å²) in [5, 5.41) is 0. The van der Waals surface area contributed by atoms with Crippen LogP contribution in [0.25, 0.3) is 8.96 Å². The Hall–Kier alpha value is 0.758. The molecule has 2 aromatic heterocycles. The van der Waals surface area contributed by atoms with Crippen molar-refractivity contribution in [2.24, 2.45) is 0 Å². The van der Waals surface area contributed by atoms with Crippen molar-refractivity contribution in [1.29, 1.82) is 0 Å². The molecule has 0 N–H and O–H groups in total. The molecule has 0 atom stereocenters. The molecule has 0 bridgehead atoms. The zero-order valence-corrected chi connectivity index (χ0v) is 19.5. The van der Waals surface area contributed by atoms with E-state index in [9.17, 15) is 0 Å². The Balaban J connectivity index is 1.84. The van der Waals surface area contributed by atoms with Crippen LogP contribution in [0.2, 0.25) is 14.8 Å². The number of thiophene rings is 1. The van der Waals surface area contributed by atoms with E-state index in [1.165, 1.54) is 51.4 Å². The molecule has 0 aromatic carbocycles. The molecule has 0 aliphatic carbocycles. The van der Waals surface area contributed by atoms with E-state index in [4.69, 9.17) is 0 Å². The van der Waals surface area contributed by atoms with E-state index in [-0.39, 0.29) is 0 Å². The van der Waals surface area contributed by atoms with Gasteiger partial charge in [0.2, 0.25) is 0 Å². The molecule has 0 saturated heterocycles. The van der Waals surface area contributed by atoms with Gasteiger partial charge in [0, 0.05) is 0 Å². The summed E-state index contributed by atoms with van der Waals surface area (Å²) >= 11 is 0.948. The Morgan fingerprint density at radius 1 is 1.00 bits per heavy atom. The number of unbranched alkanes of at least 4 members (excludes halogenated alkanes) is 6. The molecule has 0 radical (unpaired) electrons. The molecule has 2 aromatic rings. The van der Waals surface area contributed by atoms with Gasteiger partial charge in [-0.05, 0) is 0 Å². The fourth-order valence-corrected chi connectivity index (χ4v) is 12.5. The number of fused-ring (bicyclic) bond motifs is 1. The maximum absolute atomic E-state index is 2.57. The SMILES string of the molecule is CCCCCCCCCc1c[se]c2c[c]([Sn]([CH3])([CH3])[CH3])sc12. The van der Waals surface area contributed by atoms with Crippen LogP contribution in [0.5, 0.6) is 0 Å². The van der Waals surface area contributed by atoms with Gasteiger partial charge in [-0.25, -0.2) is 0 Å². The van der Waals surface area contributed by atoms with Crippen molar-refractivity contribution in [3.8, 4) is 0 Å². The first-order valence-electron chi connectivity index (χ1n) is 8.52. The van der Waals surface area contributed by atoms with Crippen LogP contribution < -0.4 is 2.89 Å². The van der Waals surface area contributed by atoms with Gasteiger partial charge >= 0.3 is 146 Å². The predicted molar refractivity (Wildman–Crippen MR) is 103 cm³/mol. The van der Waals surface area contributed by atoms with Crippen molar-refractivity contribution in [1.82, 2.24) is 0 Å². The summed E-state index contributed by atoms with van der Waals surface area (Å²) in [6, 6.07) is 2.57. The van der Waals surface area contributed by atoms with Gasteiger partial charge in [0.25, 0.3) is 0 Å². The van der Waals surface area contributed by atoms with Gasteiger partial charge in [-0.3, -0.25) is 0 Å². The minimum atomic E-state index is -1.84. The van der Waals surface area contributed by atoms with Crippen LogP contribution in [0.4, 0.5) is 0 Å². The standard InChI is InChI=1S/C15H21SSe.3CH3.Sn/c1-2-3-4-5-6-7-8-9-13-12-17-14-10-11-16-15(13)14;;;;/h10,12H,2-9H2,1H3;3*1H3;. The first-order chi connectivity index (χ1) is 10.0. The van der Waals surface area contributed by atoms with Crippen molar-refractivity contribution in [2.75, 3.05) is 0 Å². The Kier molecular flexibility index (Phi) is 7.38. The van der Waals surface area contributed by atoms with Crippen LogP contribution >= 0.6 is 11.3 Å². The number of hydrogen-bond acceptors (Lipinski definition) is 1.